The monoisotopic (exact) mass is 326 g/mol. The van der Waals surface area contributed by atoms with Gasteiger partial charge in [-0.05, 0) is 12.5 Å². The molecule has 2 aliphatic rings. The Morgan fingerprint density at radius 1 is 1.33 bits per heavy atom. The maximum Gasteiger partial charge on any atom is 0.257 e. The van der Waals surface area contributed by atoms with E-state index in [4.69, 9.17) is 4.74 Å². The van der Waals surface area contributed by atoms with Gasteiger partial charge in [-0.1, -0.05) is 30.3 Å². The minimum absolute atomic E-state index is 0.0407. The average Bonchev–Trinajstić information content (AvgIpc) is 3.22. The van der Waals surface area contributed by atoms with Gasteiger partial charge in [-0.3, -0.25) is 14.8 Å². The number of aromatic nitrogens is 2. The quantitative estimate of drug-likeness (QED) is 0.927. The fraction of sp³-hybridized carbons (Fsp3) is 0.444. The van der Waals surface area contributed by atoms with E-state index >= 15 is 0 Å². The molecule has 1 amide bonds. The van der Waals surface area contributed by atoms with Crippen LogP contribution in [0.3, 0.4) is 0 Å². The molecule has 2 atom stereocenters. The third-order valence-electron chi connectivity index (χ3n) is 4.99. The summed E-state index contributed by atoms with van der Waals surface area (Å²) in [6.07, 6.45) is 1.71. The maximum atomic E-state index is 12.7. The van der Waals surface area contributed by atoms with Crippen LogP contribution in [0.25, 0.3) is 0 Å². The van der Waals surface area contributed by atoms with Crippen molar-refractivity contribution in [1.29, 1.82) is 0 Å². The number of amides is 1. The summed E-state index contributed by atoms with van der Waals surface area (Å²) in [5.74, 6) is 0.0407. The summed E-state index contributed by atoms with van der Waals surface area (Å²) in [6.45, 7) is 5.77. The molecule has 2 saturated heterocycles. The molecule has 0 bridgehead atoms. The van der Waals surface area contributed by atoms with Crippen molar-refractivity contribution in [1.82, 2.24) is 20.0 Å². The molecule has 0 spiro atoms. The molecule has 6 nitrogen and oxygen atoms in total. The first-order chi connectivity index (χ1) is 11.7. The summed E-state index contributed by atoms with van der Waals surface area (Å²) in [4.78, 5) is 17.1. The molecule has 1 aromatic carbocycles. The number of rotatable bonds is 3. The highest BCUT2D eigenvalue weighted by Gasteiger charge is 2.42. The lowest BCUT2D eigenvalue weighted by molar-refractivity contribution is -0.0503. The topological polar surface area (TPSA) is 61.5 Å². The third kappa shape index (κ3) is 2.83. The molecule has 126 valence electrons. The number of aromatic amines is 1. The van der Waals surface area contributed by atoms with E-state index in [2.05, 4.69) is 39.4 Å². The molecule has 0 unspecified atom stereocenters. The summed E-state index contributed by atoms with van der Waals surface area (Å²) in [5, 5.41) is 6.80. The fourth-order valence-corrected chi connectivity index (χ4v) is 3.68. The number of morpholine rings is 1. The minimum atomic E-state index is 0.0407. The summed E-state index contributed by atoms with van der Waals surface area (Å²) >= 11 is 0. The molecule has 6 heteroatoms. The number of hydrogen-bond acceptors (Lipinski definition) is 4. The predicted molar refractivity (Wildman–Crippen MR) is 89.6 cm³/mol. The summed E-state index contributed by atoms with van der Waals surface area (Å²) in [7, 11) is 0. The van der Waals surface area contributed by atoms with E-state index in [1.807, 2.05) is 17.9 Å². The van der Waals surface area contributed by atoms with Crippen LogP contribution in [0.5, 0.6) is 0 Å². The largest absolute Gasteiger partial charge is 0.373 e. The number of nitrogens with zero attached hydrogens (tertiary/aromatic N) is 3. The molecule has 4 rings (SSSR count). The van der Waals surface area contributed by atoms with Crippen molar-refractivity contribution in [2.24, 2.45) is 0 Å². The van der Waals surface area contributed by atoms with Crippen LogP contribution in [-0.4, -0.2) is 64.3 Å². The van der Waals surface area contributed by atoms with Gasteiger partial charge in [0, 0.05) is 31.9 Å². The smallest absolute Gasteiger partial charge is 0.257 e. The highest BCUT2D eigenvalue weighted by Crippen LogP contribution is 2.26. The average molecular weight is 326 g/mol. The van der Waals surface area contributed by atoms with Crippen LogP contribution in [0.1, 0.15) is 21.6 Å². The summed E-state index contributed by atoms with van der Waals surface area (Å²) in [6, 6.07) is 10.7. The number of ether oxygens (including phenoxy) is 1. The second kappa shape index (κ2) is 6.37. The van der Waals surface area contributed by atoms with Gasteiger partial charge >= 0.3 is 0 Å². The van der Waals surface area contributed by atoms with Crippen LogP contribution in [0.4, 0.5) is 0 Å². The molecule has 2 aromatic rings. The van der Waals surface area contributed by atoms with Crippen molar-refractivity contribution >= 4 is 5.91 Å². The van der Waals surface area contributed by atoms with E-state index in [-0.39, 0.29) is 18.1 Å². The van der Waals surface area contributed by atoms with Crippen molar-refractivity contribution in [3.63, 3.8) is 0 Å². The number of carbonyl (C=O) groups is 1. The Balaban J connectivity index is 1.48. The zero-order valence-corrected chi connectivity index (χ0v) is 13.8. The molecule has 0 saturated carbocycles. The van der Waals surface area contributed by atoms with Crippen LogP contribution in [0.2, 0.25) is 0 Å². The normalized spacial score (nSPS) is 24.1. The summed E-state index contributed by atoms with van der Waals surface area (Å²) < 4.78 is 5.94. The van der Waals surface area contributed by atoms with Gasteiger partial charge in [0.1, 0.15) is 0 Å². The lowest BCUT2D eigenvalue weighted by Crippen LogP contribution is -2.50. The Morgan fingerprint density at radius 2 is 2.17 bits per heavy atom. The minimum Gasteiger partial charge on any atom is -0.373 e. The standard InChI is InChI=1S/C18H22N4O2/c1-13-15(9-19-20-13)18(23)22-11-16-17(12-22)24-8-7-21(16)10-14-5-3-2-4-6-14/h2-6,9,16-17H,7-8,10-12H2,1H3,(H,19,20)/t16-,17+/m1/s1. The van der Waals surface area contributed by atoms with E-state index in [1.165, 1.54) is 5.56 Å². The van der Waals surface area contributed by atoms with Crippen LogP contribution in [0, 0.1) is 6.92 Å². The highest BCUT2D eigenvalue weighted by atomic mass is 16.5. The van der Waals surface area contributed by atoms with Crippen LogP contribution in [0.15, 0.2) is 36.5 Å². The molecule has 2 aliphatic heterocycles. The Bertz CT molecular complexity index is 715. The molecular formula is C18H22N4O2. The second-order valence-corrected chi connectivity index (χ2v) is 6.55. The van der Waals surface area contributed by atoms with E-state index in [9.17, 15) is 4.79 Å². The number of fused-ring (bicyclic) bond motifs is 1. The molecule has 24 heavy (non-hydrogen) atoms. The molecule has 2 fully saturated rings. The van der Waals surface area contributed by atoms with Crippen molar-refractivity contribution in [3.05, 3.63) is 53.3 Å². The number of benzene rings is 1. The number of aryl methyl sites for hydroxylation is 1. The zero-order valence-electron chi connectivity index (χ0n) is 13.8. The van der Waals surface area contributed by atoms with Crippen molar-refractivity contribution in [2.45, 2.75) is 25.6 Å². The van der Waals surface area contributed by atoms with Gasteiger partial charge in [-0.2, -0.15) is 5.10 Å². The number of nitrogens with one attached hydrogen (secondary N) is 1. The lowest BCUT2D eigenvalue weighted by atomic mass is 10.1. The Labute approximate surface area is 141 Å². The van der Waals surface area contributed by atoms with Gasteiger partial charge in [0.25, 0.3) is 5.91 Å². The number of H-pyrrole nitrogens is 1. The Morgan fingerprint density at radius 3 is 2.92 bits per heavy atom. The van der Waals surface area contributed by atoms with Crippen molar-refractivity contribution in [2.75, 3.05) is 26.2 Å². The van der Waals surface area contributed by atoms with Gasteiger partial charge in [-0.25, -0.2) is 0 Å². The SMILES string of the molecule is Cc1[nH]ncc1C(=O)N1C[C@@H]2OCCN(Cc3ccccc3)[C@@H]2C1. The number of likely N-dealkylation sites (tertiary alicyclic amines) is 1. The summed E-state index contributed by atoms with van der Waals surface area (Å²) in [5.41, 5.74) is 2.77. The van der Waals surface area contributed by atoms with E-state index < -0.39 is 0 Å². The zero-order chi connectivity index (χ0) is 16.5. The third-order valence-corrected chi connectivity index (χ3v) is 4.99. The first kappa shape index (κ1) is 15.4. The molecule has 3 heterocycles. The van der Waals surface area contributed by atoms with Gasteiger partial charge in [0.05, 0.1) is 30.5 Å². The fourth-order valence-electron chi connectivity index (χ4n) is 3.68. The van der Waals surface area contributed by atoms with Gasteiger partial charge in [0.2, 0.25) is 0 Å². The van der Waals surface area contributed by atoms with Crippen LogP contribution >= 0.6 is 0 Å². The molecule has 1 N–H and O–H groups in total. The lowest BCUT2D eigenvalue weighted by Gasteiger charge is -2.36. The number of hydrogen-bond donors (Lipinski definition) is 1. The Kier molecular flexibility index (Phi) is 4.08. The second-order valence-electron chi connectivity index (χ2n) is 6.55. The maximum absolute atomic E-state index is 12.7. The van der Waals surface area contributed by atoms with Gasteiger partial charge < -0.3 is 9.64 Å². The van der Waals surface area contributed by atoms with Gasteiger partial charge in [0.15, 0.2) is 0 Å². The van der Waals surface area contributed by atoms with Crippen molar-refractivity contribution < 1.29 is 9.53 Å². The van der Waals surface area contributed by atoms with Crippen LogP contribution in [-0.2, 0) is 11.3 Å². The van der Waals surface area contributed by atoms with Crippen LogP contribution < -0.4 is 0 Å². The Hall–Kier alpha value is -2.18. The highest BCUT2D eigenvalue weighted by molar-refractivity contribution is 5.95. The predicted octanol–water partition coefficient (Wildman–Crippen LogP) is 1.44. The molecule has 0 aliphatic carbocycles. The molecular weight excluding hydrogens is 304 g/mol. The van der Waals surface area contributed by atoms with Crippen molar-refractivity contribution in [3.8, 4) is 0 Å². The van der Waals surface area contributed by atoms with Gasteiger partial charge in [-0.15, -0.1) is 0 Å². The molecule has 0 radical (unpaired) electrons. The molecule has 1 aromatic heterocycles. The van der Waals surface area contributed by atoms with E-state index in [1.54, 1.807) is 6.20 Å². The van der Waals surface area contributed by atoms with E-state index in [0.717, 1.165) is 25.4 Å². The van der Waals surface area contributed by atoms with E-state index in [0.29, 0.717) is 18.7 Å². The number of carbonyl (C=O) groups excluding carboxylic acids is 1. The first-order valence-electron chi connectivity index (χ1n) is 8.41. The first-order valence-corrected chi connectivity index (χ1v) is 8.41.